The van der Waals surface area contributed by atoms with E-state index in [1.807, 2.05) is 12.1 Å². The third kappa shape index (κ3) is 2.80. The SMILES string of the molecule is CCNCc1ccccc1-c1ccc(Cl)c2ccccc12. The Hall–Kier alpha value is -1.83. The highest BCUT2D eigenvalue weighted by molar-refractivity contribution is 6.36. The molecule has 0 atom stereocenters. The van der Waals surface area contributed by atoms with E-state index in [0.717, 1.165) is 23.5 Å². The normalized spacial score (nSPS) is 11.0. The molecular formula is C19H18ClN. The van der Waals surface area contributed by atoms with E-state index in [1.165, 1.54) is 22.1 Å². The lowest BCUT2D eigenvalue weighted by Crippen LogP contribution is -2.12. The maximum atomic E-state index is 6.33. The summed E-state index contributed by atoms with van der Waals surface area (Å²) >= 11 is 6.33. The lowest BCUT2D eigenvalue weighted by Gasteiger charge is -2.13. The monoisotopic (exact) mass is 295 g/mol. The van der Waals surface area contributed by atoms with Gasteiger partial charge in [-0.1, -0.05) is 73.1 Å². The molecule has 0 amide bonds. The average Bonchev–Trinajstić information content (AvgIpc) is 2.54. The minimum atomic E-state index is 0.804. The van der Waals surface area contributed by atoms with Crippen LogP contribution in [0.5, 0.6) is 0 Å². The van der Waals surface area contributed by atoms with Crippen molar-refractivity contribution in [2.45, 2.75) is 13.5 Å². The van der Waals surface area contributed by atoms with E-state index in [4.69, 9.17) is 11.6 Å². The standard InChI is InChI=1S/C19H18ClN/c1-2-21-13-14-7-3-4-8-15(14)17-11-12-19(20)18-10-6-5-9-16(17)18/h3-12,21H,2,13H2,1H3. The number of halogens is 1. The van der Waals surface area contributed by atoms with Crippen LogP contribution in [-0.4, -0.2) is 6.54 Å². The highest BCUT2D eigenvalue weighted by Gasteiger charge is 2.09. The van der Waals surface area contributed by atoms with Gasteiger partial charge in [-0.05, 0) is 34.7 Å². The topological polar surface area (TPSA) is 12.0 Å². The molecule has 0 bridgehead atoms. The first kappa shape index (κ1) is 14.1. The molecule has 1 nitrogen and oxygen atoms in total. The minimum Gasteiger partial charge on any atom is -0.313 e. The number of benzene rings is 3. The number of hydrogen-bond donors (Lipinski definition) is 1. The molecule has 0 saturated carbocycles. The second-order valence-electron chi connectivity index (χ2n) is 5.08. The van der Waals surface area contributed by atoms with Gasteiger partial charge in [-0.25, -0.2) is 0 Å². The Bertz CT molecular complexity index is 764. The molecule has 0 heterocycles. The Kier molecular flexibility index (Phi) is 4.23. The first-order chi connectivity index (χ1) is 10.3. The Morgan fingerprint density at radius 2 is 1.52 bits per heavy atom. The van der Waals surface area contributed by atoms with Crippen LogP contribution in [0.2, 0.25) is 5.02 Å². The van der Waals surface area contributed by atoms with Gasteiger partial charge in [0.05, 0.1) is 0 Å². The zero-order valence-corrected chi connectivity index (χ0v) is 12.8. The molecule has 3 rings (SSSR count). The molecule has 0 saturated heterocycles. The molecular weight excluding hydrogens is 278 g/mol. The summed E-state index contributed by atoms with van der Waals surface area (Å²) in [6.07, 6.45) is 0. The Morgan fingerprint density at radius 1 is 0.810 bits per heavy atom. The summed E-state index contributed by atoms with van der Waals surface area (Å²) in [5.41, 5.74) is 3.82. The Balaban J connectivity index is 2.19. The smallest absolute Gasteiger partial charge is 0.0484 e. The molecule has 0 fully saturated rings. The molecule has 0 aliphatic heterocycles. The van der Waals surface area contributed by atoms with Gasteiger partial charge in [-0.3, -0.25) is 0 Å². The predicted octanol–water partition coefficient (Wildman–Crippen LogP) is 5.27. The second kappa shape index (κ2) is 6.30. The molecule has 1 N–H and O–H groups in total. The van der Waals surface area contributed by atoms with Gasteiger partial charge in [-0.15, -0.1) is 0 Å². The molecule has 0 unspecified atom stereocenters. The fourth-order valence-electron chi connectivity index (χ4n) is 2.69. The second-order valence-corrected chi connectivity index (χ2v) is 5.49. The van der Waals surface area contributed by atoms with E-state index in [1.54, 1.807) is 0 Å². The van der Waals surface area contributed by atoms with Gasteiger partial charge in [0.15, 0.2) is 0 Å². The van der Waals surface area contributed by atoms with Gasteiger partial charge in [0.25, 0.3) is 0 Å². The van der Waals surface area contributed by atoms with E-state index in [9.17, 15) is 0 Å². The van der Waals surface area contributed by atoms with Crippen molar-refractivity contribution >= 4 is 22.4 Å². The lowest BCUT2D eigenvalue weighted by molar-refractivity contribution is 0.728. The summed E-state index contributed by atoms with van der Waals surface area (Å²) < 4.78 is 0. The molecule has 0 aliphatic carbocycles. The first-order valence-electron chi connectivity index (χ1n) is 7.27. The zero-order valence-electron chi connectivity index (χ0n) is 12.1. The zero-order chi connectivity index (χ0) is 14.7. The predicted molar refractivity (Wildman–Crippen MR) is 91.8 cm³/mol. The lowest BCUT2D eigenvalue weighted by atomic mass is 9.94. The molecule has 21 heavy (non-hydrogen) atoms. The van der Waals surface area contributed by atoms with Crippen molar-refractivity contribution in [3.05, 3.63) is 71.2 Å². The quantitative estimate of drug-likeness (QED) is 0.691. The summed E-state index contributed by atoms with van der Waals surface area (Å²) in [7, 11) is 0. The van der Waals surface area contributed by atoms with Gasteiger partial charge < -0.3 is 5.32 Å². The fourth-order valence-corrected chi connectivity index (χ4v) is 2.92. The number of rotatable bonds is 4. The van der Waals surface area contributed by atoms with E-state index in [2.05, 4.69) is 60.8 Å². The summed E-state index contributed by atoms with van der Waals surface area (Å²) in [4.78, 5) is 0. The molecule has 0 radical (unpaired) electrons. The molecule has 3 aromatic carbocycles. The van der Waals surface area contributed by atoms with Crippen molar-refractivity contribution in [1.29, 1.82) is 0 Å². The highest BCUT2D eigenvalue weighted by Crippen LogP contribution is 2.34. The van der Waals surface area contributed by atoms with Crippen LogP contribution in [0.4, 0.5) is 0 Å². The van der Waals surface area contributed by atoms with E-state index < -0.39 is 0 Å². The molecule has 0 spiro atoms. The van der Waals surface area contributed by atoms with E-state index >= 15 is 0 Å². The van der Waals surface area contributed by atoms with Crippen LogP contribution >= 0.6 is 11.6 Å². The molecule has 3 aromatic rings. The maximum Gasteiger partial charge on any atom is 0.0484 e. The molecule has 106 valence electrons. The van der Waals surface area contributed by atoms with Gasteiger partial charge in [0.1, 0.15) is 0 Å². The maximum absolute atomic E-state index is 6.33. The van der Waals surface area contributed by atoms with Gasteiger partial charge in [0.2, 0.25) is 0 Å². The minimum absolute atomic E-state index is 0.804. The van der Waals surface area contributed by atoms with Crippen molar-refractivity contribution in [3.63, 3.8) is 0 Å². The average molecular weight is 296 g/mol. The molecule has 0 aromatic heterocycles. The highest BCUT2D eigenvalue weighted by atomic mass is 35.5. The first-order valence-corrected chi connectivity index (χ1v) is 7.65. The summed E-state index contributed by atoms with van der Waals surface area (Å²) in [5.74, 6) is 0. The summed E-state index contributed by atoms with van der Waals surface area (Å²) in [6.45, 7) is 3.97. The van der Waals surface area contributed by atoms with Crippen molar-refractivity contribution in [2.24, 2.45) is 0 Å². The number of hydrogen-bond acceptors (Lipinski definition) is 1. The van der Waals surface area contributed by atoms with Crippen LogP contribution in [-0.2, 0) is 6.54 Å². The van der Waals surface area contributed by atoms with Crippen LogP contribution in [0, 0.1) is 0 Å². The van der Waals surface area contributed by atoms with Gasteiger partial charge in [-0.2, -0.15) is 0 Å². The number of fused-ring (bicyclic) bond motifs is 1. The fraction of sp³-hybridized carbons (Fsp3) is 0.158. The van der Waals surface area contributed by atoms with Gasteiger partial charge in [0, 0.05) is 17.0 Å². The van der Waals surface area contributed by atoms with Crippen LogP contribution in [0.3, 0.4) is 0 Å². The summed E-state index contributed by atoms with van der Waals surface area (Å²) in [6, 6.07) is 21.0. The van der Waals surface area contributed by atoms with E-state index in [0.29, 0.717) is 0 Å². The molecule has 2 heteroatoms. The molecule has 0 aliphatic rings. The Morgan fingerprint density at radius 3 is 2.33 bits per heavy atom. The van der Waals surface area contributed by atoms with Crippen molar-refractivity contribution < 1.29 is 0 Å². The van der Waals surface area contributed by atoms with Crippen LogP contribution in [0.25, 0.3) is 21.9 Å². The largest absolute Gasteiger partial charge is 0.313 e. The van der Waals surface area contributed by atoms with Crippen molar-refractivity contribution in [3.8, 4) is 11.1 Å². The third-order valence-corrected chi connectivity index (χ3v) is 4.07. The Labute approximate surface area is 130 Å². The van der Waals surface area contributed by atoms with Crippen LogP contribution in [0.15, 0.2) is 60.7 Å². The number of nitrogens with one attached hydrogen (secondary N) is 1. The van der Waals surface area contributed by atoms with Crippen LogP contribution in [0.1, 0.15) is 12.5 Å². The van der Waals surface area contributed by atoms with Crippen LogP contribution < -0.4 is 5.32 Å². The third-order valence-electron chi connectivity index (χ3n) is 3.74. The van der Waals surface area contributed by atoms with E-state index in [-0.39, 0.29) is 0 Å². The van der Waals surface area contributed by atoms with Crippen molar-refractivity contribution in [2.75, 3.05) is 6.54 Å². The van der Waals surface area contributed by atoms with Gasteiger partial charge >= 0.3 is 0 Å². The summed E-state index contributed by atoms with van der Waals surface area (Å²) in [5, 5.41) is 6.52. The van der Waals surface area contributed by atoms with Crippen molar-refractivity contribution in [1.82, 2.24) is 5.32 Å².